The van der Waals surface area contributed by atoms with E-state index in [2.05, 4.69) is 0 Å². The molecule has 100 valence electrons. The lowest BCUT2D eigenvalue weighted by Gasteiger charge is -2.14. The second-order valence-corrected chi connectivity index (χ2v) is 3.64. The zero-order valence-corrected chi connectivity index (χ0v) is 10.8. The molecule has 2 atom stereocenters. The molecule has 0 aromatic heterocycles. The Labute approximate surface area is 106 Å². The third-order valence-electron chi connectivity index (χ3n) is 2.37. The highest BCUT2D eigenvalue weighted by atomic mass is 16.6. The van der Waals surface area contributed by atoms with E-state index in [9.17, 15) is 9.59 Å². The van der Waals surface area contributed by atoms with Gasteiger partial charge in [0.25, 0.3) is 0 Å². The highest BCUT2D eigenvalue weighted by molar-refractivity contribution is 5.89. The van der Waals surface area contributed by atoms with Crippen molar-refractivity contribution in [1.82, 2.24) is 0 Å². The summed E-state index contributed by atoms with van der Waals surface area (Å²) in [5.74, 6) is -1.49. The minimum Gasteiger partial charge on any atom is -0.478 e. The van der Waals surface area contributed by atoms with Gasteiger partial charge >= 0.3 is 11.9 Å². The average molecular weight is 254 g/mol. The van der Waals surface area contributed by atoms with Crippen molar-refractivity contribution in [1.29, 1.82) is 0 Å². The lowest BCUT2D eigenvalue weighted by atomic mass is 10.0. The van der Waals surface area contributed by atoms with E-state index in [0.29, 0.717) is 6.61 Å². The molecule has 0 aromatic rings. The minimum absolute atomic E-state index is 0.0676. The first kappa shape index (κ1) is 14.3. The predicted octanol–water partition coefficient (Wildman–Crippen LogP) is 1.59. The van der Waals surface area contributed by atoms with Gasteiger partial charge in [-0.25, -0.2) is 4.79 Å². The van der Waals surface area contributed by atoms with Gasteiger partial charge in [-0.2, -0.15) is 0 Å². The maximum absolute atomic E-state index is 11.7. The summed E-state index contributed by atoms with van der Waals surface area (Å²) in [4.78, 5) is 23.3. The Hall–Kier alpha value is -1.78. The number of hydrogen-bond donors (Lipinski definition) is 0. The van der Waals surface area contributed by atoms with Crippen molar-refractivity contribution in [2.24, 2.45) is 5.92 Å². The molecule has 0 saturated carbocycles. The Morgan fingerprint density at radius 2 is 2.00 bits per heavy atom. The number of carbonyl (C=O) groups is 2. The first-order valence-electron chi connectivity index (χ1n) is 5.99. The van der Waals surface area contributed by atoms with Crippen molar-refractivity contribution in [3.63, 3.8) is 0 Å². The fourth-order valence-electron chi connectivity index (χ4n) is 1.62. The van der Waals surface area contributed by atoms with E-state index >= 15 is 0 Å². The molecule has 18 heavy (non-hydrogen) atoms. The SMILES string of the molecule is C/C=C/[C@H]1OC(C(=O)OCC)=C[C@H]1C(=O)OCC. The lowest BCUT2D eigenvalue weighted by Crippen LogP contribution is -2.25. The van der Waals surface area contributed by atoms with E-state index in [4.69, 9.17) is 14.2 Å². The number of carbonyl (C=O) groups excluding carboxylic acids is 2. The molecule has 0 radical (unpaired) electrons. The van der Waals surface area contributed by atoms with Crippen LogP contribution in [0.15, 0.2) is 24.0 Å². The van der Waals surface area contributed by atoms with Crippen LogP contribution in [0.4, 0.5) is 0 Å². The zero-order valence-electron chi connectivity index (χ0n) is 10.8. The highest BCUT2D eigenvalue weighted by Gasteiger charge is 2.36. The summed E-state index contributed by atoms with van der Waals surface area (Å²) in [6, 6.07) is 0. The summed E-state index contributed by atoms with van der Waals surface area (Å²) in [7, 11) is 0. The van der Waals surface area contributed by atoms with Gasteiger partial charge in [0.15, 0.2) is 0 Å². The van der Waals surface area contributed by atoms with Gasteiger partial charge in [-0.3, -0.25) is 4.79 Å². The summed E-state index contributed by atoms with van der Waals surface area (Å²) in [5, 5.41) is 0. The molecule has 0 aromatic carbocycles. The third kappa shape index (κ3) is 3.35. The van der Waals surface area contributed by atoms with Crippen LogP contribution in [-0.2, 0) is 23.8 Å². The van der Waals surface area contributed by atoms with Gasteiger partial charge in [-0.05, 0) is 32.9 Å². The van der Waals surface area contributed by atoms with Gasteiger partial charge in [-0.1, -0.05) is 6.08 Å². The van der Waals surface area contributed by atoms with Crippen LogP contribution < -0.4 is 0 Å². The van der Waals surface area contributed by atoms with Crippen molar-refractivity contribution >= 4 is 11.9 Å². The van der Waals surface area contributed by atoms with E-state index in [1.165, 1.54) is 6.08 Å². The summed E-state index contributed by atoms with van der Waals surface area (Å²) in [6.07, 6.45) is 4.43. The van der Waals surface area contributed by atoms with Crippen LogP contribution in [-0.4, -0.2) is 31.3 Å². The van der Waals surface area contributed by atoms with E-state index in [0.717, 1.165) is 0 Å². The first-order valence-corrected chi connectivity index (χ1v) is 5.99. The number of esters is 2. The van der Waals surface area contributed by atoms with Crippen molar-refractivity contribution in [2.75, 3.05) is 13.2 Å². The maximum Gasteiger partial charge on any atom is 0.373 e. The molecule has 0 unspecified atom stereocenters. The van der Waals surface area contributed by atoms with Gasteiger partial charge in [0.2, 0.25) is 5.76 Å². The van der Waals surface area contributed by atoms with Crippen molar-refractivity contribution in [3.05, 3.63) is 24.0 Å². The summed E-state index contributed by atoms with van der Waals surface area (Å²) in [6.45, 7) is 5.81. The van der Waals surface area contributed by atoms with Crippen LogP contribution >= 0.6 is 0 Å². The fraction of sp³-hybridized carbons (Fsp3) is 0.538. The molecule has 5 nitrogen and oxygen atoms in total. The maximum atomic E-state index is 11.7. The number of ether oxygens (including phenoxy) is 3. The molecular formula is C13H18O5. The van der Waals surface area contributed by atoms with Gasteiger partial charge in [0, 0.05) is 0 Å². The Balaban J connectivity index is 2.82. The average Bonchev–Trinajstić information content (AvgIpc) is 2.74. The predicted molar refractivity (Wildman–Crippen MR) is 64.5 cm³/mol. The van der Waals surface area contributed by atoms with E-state index in [1.54, 1.807) is 26.0 Å². The van der Waals surface area contributed by atoms with Crippen LogP contribution in [0.5, 0.6) is 0 Å². The quantitative estimate of drug-likeness (QED) is 0.550. The smallest absolute Gasteiger partial charge is 0.373 e. The first-order chi connectivity index (χ1) is 8.63. The second kappa shape index (κ2) is 6.83. The number of hydrogen-bond acceptors (Lipinski definition) is 5. The Morgan fingerprint density at radius 3 is 2.56 bits per heavy atom. The molecule has 0 amide bonds. The molecule has 0 bridgehead atoms. The molecule has 0 aliphatic carbocycles. The molecule has 1 rings (SSSR count). The molecule has 1 aliphatic rings. The van der Waals surface area contributed by atoms with Crippen molar-refractivity contribution < 1.29 is 23.8 Å². The van der Waals surface area contributed by atoms with Crippen LogP contribution in [0.3, 0.4) is 0 Å². The molecule has 0 saturated heterocycles. The van der Waals surface area contributed by atoms with E-state index in [-0.39, 0.29) is 12.4 Å². The number of rotatable bonds is 5. The molecular weight excluding hydrogens is 236 g/mol. The molecule has 1 aliphatic heterocycles. The van der Waals surface area contributed by atoms with Crippen LogP contribution in [0.25, 0.3) is 0 Å². The molecule has 1 heterocycles. The summed E-state index contributed by atoms with van der Waals surface area (Å²) < 4.78 is 15.2. The van der Waals surface area contributed by atoms with Crippen LogP contribution in [0.2, 0.25) is 0 Å². The van der Waals surface area contributed by atoms with Gasteiger partial charge < -0.3 is 14.2 Å². The third-order valence-corrected chi connectivity index (χ3v) is 2.37. The van der Waals surface area contributed by atoms with E-state index in [1.807, 2.05) is 6.92 Å². The van der Waals surface area contributed by atoms with E-state index < -0.39 is 24.0 Å². The standard InChI is InChI=1S/C13H18O5/c1-4-7-10-9(12(14)16-5-2)8-11(18-10)13(15)17-6-3/h4,7-10H,5-6H2,1-3H3/b7-4+/t9-,10-/m1/s1. The Morgan fingerprint density at radius 1 is 1.33 bits per heavy atom. The summed E-state index contributed by atoms with van der Waals surface area (Å²) >= 11 is 0. The molecule has 0 spiro atoms. The zero-order chi connectivity index (χ0) is 13.5. The van der Waals surface area contributed by atoms with Gasteiger partial charge in [0.1, 0.15) is 12.0 Å². The van der Waals surface area contributed by atoms with Crippen LogP contribution in [0.1, 0.15) is 20.8 Å². The lowest BCUT2D eigenvalue weighted by molar-refractivity contribution is -0.149. The molecule has 0 fully saturated rings. The monoisotopic (exact) mass is 254 g/mol. The topological polar surface area (TPSA) is 61.8 Å². The van der Waals surface area contributed by atoms with Crippen LogP contribution in [0, 0.1) is 5.92 Å². The largest absolute Gasteiger partial charge is 0.478 e. The van der Waals surface area contributed by atoms with Gasteiger partial charge in [0.05, 0.1) is 13.2 Å². The normalized spacial score (nSPS) is 22.5. The molecule has 0 N–H and O–H groups in total. The van der Waals surface area contributed by atoms with Crippen molar-refractivity contribution in [3.8, 4) is 0 Å². The summed E-state index contributed by atoms with van der Waals surface area (Å²) in [5.41, 5.74) is 0. The Bertz CT molecular complexity index is 370. The fourth-order valence-corrected chi connectivity index (χ4v) is 1.62. The highest BCUT2D eigenvalue weighted by Crippen LogP contribution is 2.26. The van der Waals surface area contributed by atoms with Gasteiger partial charge in [-0.15, -0.1) is 0 Å². The Kier molecular flexibility index (Phi) is 5.42. The second-order valence-electron chi connectivity index (χ2n) is 3.64. The molecule has 5 heteroatoms. The number of allylic oxidation sites excluding steroid dienone is 1. The minimum atomic E-state index is -0.597. The van der Waals surface area contributed by atoms with Crippen molar-refractivity contribution in [2.45, 2.75) is 26.9 Å².